The molecule has 0 saturated carbocycles. The van der Waals surface area contributed by atoms with Crippen molar-refractivity contribution in [3.63, 3.8) is 0 Å². The molecule has 1 fully saturated rings. The van der Waals surface area contributed by atoms with Crippen LogP contribution in [-0.2, 0) is 4.79 Å². The Morgan fingerprint density at radius 3 is 3.05 bits per heavy atom. The molecule has 0 atom stereocenters. The van der Waals surface area contributed by atoms with Crippen molar-refractivity contribution in [1.29, 1.82) is 0 Å². The fourth-order valence-corrected chi connectivity index (χ4v) is 3.23. The summed E-state index contributed by atoms with van der Waals surface area (Å²) >= 11 is 1.71. The van der Waals surface area contributed by atoms with Crippen LogP contribution in [0.4, 0.5) is 5.82 Å². The van der Waals surface area contributed by atoms with Crippen LogP contribution in [0.2, 0.25) is 0 Å². The third kappa shape index (κ3) is 2.71. The topological polar surface area (TPSA) is 45.2 Å². The quantitative estimate of drug-likeness (QED) is 0.933. The van der Waals surface area contributed by atoms with Crippen LogP contribution in [0.15, 0.2) is 23.7 Å². The Bertz CT molecular complexity index is 575. The molecule has 1 N–H and O–H groups in total. The molecule has 5 heteroatoms. The largest absolute Gasteiger partial charge is 0.369 e. The zero-order chi connectivity index (χ0) is 13.1. The number of fused-ring (bicyclic) bond motifs is 1. The Balaban J connectivity index is 1.57. The lowest BCUT2D eigenvalue weighted by Crippen LogP contribution is -2.29. The molecule has 3 rings (SSSR count). The Morgan fingerprint density at radius 1 is 1.37 bits per heavy atom. The number of likely N-dealkylation sites (tertiary alicyclic amines) is 1. The molecule has 100 valence electrons. The SMILES string of the molecule is O=C(CCNc1nccc2sccc12)N1CCCC1. The Kier molecular flexibility index (Phi) is 3.64. The first-order valence-corrected chi connectivity index (χ1v) is 7.56. The highest BCUT2D eigenvalue weighted by atomic mass is 32.1. The predicted octanol–water partition coefficient (Wildman–Crippen LogP) is 2.72. The van der Waals surface area contributed by atoms with E-state index in [-0.39, 0.29) is 5.91 Å². The lowest BCUT2D eigenvalue weighted by Gasteiger charge is -2.15. The number of rotatable bonds is 4. The van der Waals surface area contributed by atoms with Crippen molar-refractivity contribution in [3.05, 3.63) is 23.7 Å². The molecule has 0 aliphatic carbocycles. The third-order valence-electron chi connectivity index (χ3n) is 3.47. The molecule has 19 heavy (non-hydrogen) atoms. The maximum Gasteiger partial charge on any atom is 0.224 e. The molecule has 3 heterocycles. The summed E-state index contributed by atoms with van der Waals surface area (Å²) in [5, 5.41) is 6.48. The first kappa shape index (κ1) is 12.4. The predicted molar refractivity (Wildman–Crippen MR) is 78.5 cm³/mol. The van der Waals surface area contributed by atoms with Gasteiger partial charge in [-0.25, -0.2) is 4.98 Å². The van der Waals surface area contributed by atoms with Crippen LogP contribution in [0.1, 0.15) is 19.3 Å². The van der Waals surface area contributed by atoms with Gasteiger partial charge >= 0.3 is 0 Å². The third-order valence-corrected chi connectivity index (χ3v) is 4.35. The van der Waals surface area contributed by atoms with E-state index < -0.39 is 0 Å². The molecule has 1 amide bonds. The average Bonchev–Trinajstić information content (AvgIpc) is 3.10. The van der Waals surface area contributed by atoms with E-state index in [9.17, 15) is 4.79 Å². The number of pyridine rings is 1. The van der Waals surface area contributed by atoms with Gasteiger partial charge in [0.25, 0.3) is 0 Å². The number of carbonyl (C=O) groups excluding carboxylic acids is 1. The number of carbonyl (C=O) groups is 1. The molecule has 0 aromatic carbocycles. The van der Waals surface area contributed by atoms with Crippen LogP contribution in [0.25, 0.3) is 10.1 Å². The van der Waals surface area contributed by atoms with E-state index in [0.29, 0.717) is 13.0 Å². The molecule has 2 aromatic heterocycles. The minimum absolute atomic E-state index is 0.252. The van der Waals surface area contributed by atoms with Gasteiger partial charge in [-0.15, -0.1) is 11.3 Å². The van der Waals surface area contributed by atoms with Crippen LogP contribution in [0.5, 0.6) is 0 Å². The summed E-state index contributed by atoms with van der Waals surface area (Å²) in [6.07, 6.45) is 4.65. The average molecular weight is 275 g/mol. The number of hydrogen-bond donors (Lipinski definition) is 1. The molecule has 1 aliphatic rings. The smallest absolute Gasteiger partial charge is 0.224 e. The Morgan fingerprint density at radius 2 is 2.21 bits per heavy atom. The van der Waals surface area contributed by atoms with Crippen molar-refractivity contribution in [3.8, 4) is 0 Å². The van der Waals surface area contributed by atoms with Crippen molar-refractivity contribution in [2.24, 2.45) is 0 Å². The van der Waals surface area contributed by atoms with E-state index in [0.717, 1.165) is 37.1 Å². The van der Waals surface area contributed by atoms with Gasteiger partial charge in [0.1, 0.15) is 5.82 Å². The normalized spacial score (nSPS) is 15.1. The van der Waals surface area contributed by atoms with Gasteiger partial charge in [-0.05, 0) is 30.4 Å². The molecule has 0 radical (unpaired) electrons. The minimum Gasteiger partial charge on any atom is -0.369 e. The van der Waals surface area contributed by atoms with Crippen LogP contribution in [-0.4, -0.2) is 35.4 Å². The van der Waals surface area contributed by atoms with E-state index in [4.69, 9.17) is 0 Å². The molecule has 1 saturated heterocycles. The van der Waals surface area contributed by atoms with Gasteiger partial charge in [0.2, 0.25) is 5.91 Å². The highest BCUT2D eigenvalue weighted by molar-refractivity contribution is 7.17. The van der Waals surface area contributed by atoms with E-state index in [1.54, 1.807) is 11.3 Å². The van der Waals surface area contributed by atoms with Gasteiger partial charge in [-0.2, -0.15) is 0 Å². The van der Waals surface area contributed by atoms with Gasteiger partial charge in [-0.1, -0.05) is 0 Å². The van der Waals surface area contributed by atoms with E-state index in [2.05, 4.69) is 21.7 Å². The van der Waals surface area contributed by atoms with Crippen molar-refractivity contribution in [2.45, 2.75) is 19.3 Å². The van der Waals surface area contributed by atoms with Gasteiger partial charge in [0.05, 0.1) is 0 Å². The highest BCUT2D eigenvalue weighted by Crippen LogP contribution is 2.25. The van der Waals surface area contributed by atoms with Crippen molar-refractivity contribution >= 4 is 33.1 Å². The van der Waals surface area contributed by atoms with Crippen molar-refractivity contribution in [1.82, 2.24) is 9.88 Å². The Labute approximate surface area is 116 Å². The van der Waals surface area contributed by atoms with Gasteiger partial charge in [0, 0.05) is 42.3 Å². The molecule has 0 unspecified atom stereocenters. The molecular weight excluding hydrogens is 258 g/mol. The van der Waals surface area contributed by atoms with Crippen LogP contribution < -0.4 is 5.32 Å². The standard InChI is InChI=1S/C14H17N3OS/c18-13(17-8-1-2-9-17)4-7-16-14-11-5-10-19-12(11)3-6-15-14/h3,5-6,10H,1-2,4,7-9H2,(H,15,16). The van der Waals surface area contributed by atoms with Gasteiger partial charge in [-0.3, -0.25) is 4.79 Å². The summed E-state index contributed by atoms with van der Waals surface area (Å²) in [6.45, 7) is 2.51. The monoisotopic (exact) mass is 275 g/mol. The number of thiophene rings is 1. The zero-order valence-electron chi connectivity index (χ0n) is 10.8. The number of hydrogen-bond acceptors (Lipinski definition) is 4. The Hall–Kier alpha value is -1.62. The van der Waals surface area contributed by atoms with Gasteiger partial charge < -0.3 is 10.2 Å². The van der Waals surface area contributed by atoms with Crippen LogP contribution in [0, 0.1) is 0 Å². The van der Waals surface area contributed by atoms with E-state index in [1.165, 1.54) is 4.70 Å². The van der Waals surface area contributed by atoms with Crippen molar-refractivity contribution < 1.29 is 4.79 Å². The second-order valence-electron chi connectivity index (χ2n) is 4.76. The number of anilines is 1. The number of amides is 1. The maximum absolute atomic E-state index is 11.9. The first-order chi connectivity index (χ1) is 9.34. The molecule has 1 aliphatic heterocycles. The highest BCUT2D eigenvalue weighted by Gasteiger charge is 2.17. The lowest BCUT2D eigenvalue weighted by molar-refractivity contribution is -0.129. The molecule has 0 bridgehead atoms. The van der Waals surface area contributed by atoms with E-state index in [1.807, 2.05) is 17.2 Å². The number of nitrogens with zero attached hydrogens (tertiary/aromatic N) is 2. The maximum atomic E-state index is 11.9. The second kappa shape index (κ2) is 5.57. The summed E-state index contributed by atoms with van der Waals surface area (Å²) in [4.78, 5) is 18.2. The molecular formula is C14H17N3OS. The summed E-state index contributed by atoms with van der Waals surface area (Å²) in [7, 11) is 0. The minimum atomic E-state index is 0.252. The summed E-state index contributed by atoms with van der Waals surface area (Å²) in [5.74, 6) is 1.13. The molecule has 2 aromatic rings. The summed E-state index contributed by atoms with van der Waals surface area (Å²) < 4.78 is 1.23. The summed E-state index contributed by atoms with van der Waals surface area (Å²) in [6, 6.07) is 4.08. The molecule has 0 spiro atoms. The number of aromatic nitrogens is 1. The fourth-order valence-electron chi connectivity index (χ4n) is 2.45. The second-order valence-corrected chi connectivity index (χ2v) is 5.70. The van der Waals surface area contributed by atoms with Crippen LogP contribution >= 0.6 is 11.3 Å². The number of nitrogens with one attached hydrogen (secondary N) is 1. The molecule has 4 nitrogen and oxygen atoms in total. The zero-order valence-corrected chi connectivity index (χ0v) is 11.6. The van der Waals surface area contributed by atoms with E-state index >= 15 is 0 Å². The van der Waals surface area contributed by atoms with Gasteiger partial charge in [0.15, 0.2) is 0 Å². The lowest BCUT2D eigenvalue weighted by atomic mass is 10.3. The first-order valence-electron chi connectivity index (χ1n) is 6.68. The summed E-state index contributed by atoms with van der Waals surface area (Å²) in [5.41, 5.74) is 0. The van der Waals surface area contributed by atoms with Crippen LogP contribution in [0.3, 0.4) is 0 Å². The fraction of sp³-hybridized carbons (Fsp3) is 0.429. The van der Waals surface area contributed by atoms with Crippen molar-refractivity contribution in [2.75, 3.05) is 25.0 Å².